The maximum atomic E-state index is 11.4. The molecule has 0 radical (unpaired) electrons. The maximum Gasteiger partial charge on any atom is 0.247 e. The second kappa shape index (κ2) is 10.7. The number of carbonyl (C=O) groups is 1. The Labute approximate surface area is 199 Å². The highest BCUT2D eigenvalue weighted by atomic mass is 16.5. The zero-order valence-corrected chi connectivity index (χ0v) is 19.4. The maximum absolute atomic E-state index is 11.4. The number of aromatic nitrogens is 2. The Hall–Kier alpha value is -4.11. The molecule has 34 heavy (non-hydrogen) atoms. The van der Waals surface area contributed by atoms with E-state index in [9.17, 15) is 4.79 Å². The van der Waals surface area contributed by atoms with Gasteiger partial charge in [-0.1, -0.05) is 6.58 Å². The minimum atomic E-state index is -0.259. The fourth-order valence-electron chi connectivity index (χ4n) is 3.59. The highest BCUT2D eigenvalue weighted by Gasteiger charge is 2.14. The Bertz CT molecular complexity index is 1130. The first-order chi connectivity index (χ1) is 16.5. The Balaban J connectivity index is 1.44. The predicted molar refractivity (Wildman–Crippen MR) is 137 cm³/mol. The molecule has 2 aromatic carbocycles. The number of amides is 1. The van der Waals surface area contributed by atoms with Crippen molar-refractivity contribution >= 4 is 40.4 Å². The minimum absolute atomic E-state index is 0.259. The molecular formula is C25H29N7O2. The van der Waals surface area contributed by atoms with Crippen LogP contribution < -0.4 is 25.6 Å². The second-order valence-electron chi connectivity index (χ2n) is 7.97. The molecule has 0 spiro atoms. The molecule has 0 saturated carbocycles. The van der Waals surface area contributed by atoms with Crippen molar-refractivity contribution in [3.8, 4) is 5.75 Å². The lowest BCUT2D eigenvalue weighted by Gasteiger charge is -2.34. The van der Waals surface area contributed by atoms with Crippen LogP contribution in [0.4, 0.5) is 34.5 Å². The van der Waals surface area contributed by atoms with Crippen LogP contribution in [0.3, 0.4) is 0 Å². The summed E-state index contributed by atoms with van der Waals surface area (Å²) < 4.78 is 5.41. The summed E-state index contributed by atoms with van der Waals surface area (Å²) in [5, 5.41) is 9.21. The van der Waals surface area contributed by atoms with E-state index in [1.165, 1.54) is 11.8 Å². The molecule has 1 aliphatic rings. The van der Waals surface area contributed by atoms with Gasteiger partial charge >= 0.3 is 0 Å². The van der Waals surface area contributed by atoms with Crippen LogP contribution in [0.2, 0.25) is 0 Å². The molecule has 1 amide bonds. The Morgan fingerprint density at radius 3 is 2.24 bits per heavy atom. The SMILES string of the molecule is C=CC(=O)Nc1ccc(Nc2nc(Nc3ccc(N4CCN(C)CC4)cc3)ncc2OC)cc1. The fraction of sp³-hybridized carbons (Fsp3) is 0.240. The van der Waals surface area contributed by atoms with Crippen molar-refractivity contribution in [2.75, 3.05) is 61.2 Å². The van der Waals surface area contributed by atoms with Crippen LogP contribution >= 0.6 is 0 Å². The van der Waals surface area contributed by atoms with Crippen LogP contribution in [0.15, 0.2) is 67.4 Å². The second-order valence-corrected chi connectivity index (χ2v) is 7.97. The number of hydrogen-bond donors (Lipinski definition) is 3. The van der Waals surface area contributed by atoms with E-state index in [-0.39, 0.29) is 5.91 Å². The summed E-state index contributed by atoms with van der Waals surface area (Å²) in [5.74, 6) is 1.23. The molecule has 4 rings (SSSR count). The number of methoxy groups -OCH3 is 1. The molecule has 9 nitrogen and oxygen atoms in total. The number of likely N-dealkylation sites (N-methyl/N-ethyl adjacent to an activating group) is 1. The van der Waals surface area contributed by atoms with Gasteiger partial charge in [0.05, 0.1) is 13.3 Å². The van der Waals surface area contributed by atoms with Gasteiger partial charge in [0, 0.05) is 48.9 Å². The van der Waals surface area contributed by atoms with Gasteiger partial charge < -0.3 is 30.5 Å². The van der Waals surface area contributed by atoms with Gasteiger partial charge in [0.15, 0.2) is 11.6 Å². The monoisotopic (exact) mass is 459 g/mol. The molecule has 2 heterocycles. The summed E-state index contributed by atoms with van der Waals surface area (Å²) in [5.41, 5.74) is 3.57. The molecule has 0 unspecified atom stereocenters. The van der Waals surface area contributed by atoms with E-state index < -0.39 is 0 Å². The minimum Gasteiger partial charge on any atom is -0.491 e. The average molecular weight is 460 g/mol. The molecule has 1 saturated heterocycles. The quantitative estimate of drug-likeness (QED) is 0.438. The van der Waals surface area contributed by atoms with Crippen molar-refractivity contribution < 1.29 is 9.53 Å². The Morgan fingerprint density at radius 1 is 0.971 bits per heavy atom. The number of anilines is 6. The van der Waals surface area contributed by atoms with Gasteiger partial charge in [0.1, 0.15) is 0 Å². The number of nitrogens with one attached hydrogen (secondary N) is 3. The van der Waals surface area contributed by atoms with Gasteiger partial charge in [-0.2, -0.15) is 4.98 Å². The van der Waals surface area contributed by atoms with E-state index in [4.69, 9.17) is 4.74 Å². The van der Waals surface area contributed by atoms with Gasteiger partial charge in [-0.3, -0.25) is 4.79 Å². The van der Waals surface area contributed by atoms with Gasteiger partial charge in [-0.25, -0.2) is 4.98 Å². The van der Waals surface area contributed by atoms with Crippen molar-refractivity contribution in [3.05, 3.63) is 67.4 Å². The molecule has 3 N–H and O–H groups in total. The third kappa shape index (κ3) is 5.81. The molecule has 1 aromatic heterocycles. The predicted octanol–water partition coefficient (Wildman–Crippen LogP) is 3.85. The van der Waals surface area contributed by atoms with Crippen molar-refractivity contribution in [2.24, 2.45) is 0 Å². The van der Waals surface area contributed by atoms with Crippen LogP contribution in [0.5, 0.6) is 5.75 Å². The van der Waals surface area contributed by atoms with Gasteiger partial charge in [0.25, 0.3) is 0 Å². The normalized spacial score (nSPS) is 13.8. The number of piperazine rings is 1. The summed E-state index contributed by atoms with van der Waals surface area (Å²) >= 11 is 0. The number of benzene rings is 2. The topological polar surface area (TPSA) is 94.6 Å². The Kier molecular flexibility index (Phi) is 7.24. The lowest BCUT2D eigenvalue weighted by Crippen LogP contribution is -2.44. The largest absolute Gasteiger partial charge is 0.491 e. The Morgan fingerprint density at radius 2 is 1.59 bits per heavy atom. The molecule has 0 aliphatic carbocycles. The third-order valence-corrected chi connectivity index (χ3v) is 5.57. The average Bonchev–Trinajstić information content (AvgIpc) is 2.86. The zero-order valence-electron chi connectivity index (χ0n) is 19.4. The van der Waals surface area contributed by atoms with Crippen molar-refractivity contribution in [1.82, 2.24) is 14.9 Å². The van der Waals surface area contributed by atoms with Crippen LogP contribution in [-0.2, 0) is 4.79 Å². The highest BCUT2D eigenvalue weighted by Crippen LogP contribution is 2.28. The van der Waals surface area contributed by atoms with E-state index in [1.807, 2.05) is 24.3 Å². The number of carbonyl (C=O) groups excluding carboxylic acids is 1. The van der Waals surface area contributed by atoms with Gasteiger partial charge in [0.2, 0.25) is 11.9 Å². The lowest BCUT2D eigenvalue weighted by atomic mass is 10.2. The molecule has 0 atom stereocenters. The van der Waals surface area contributed by atoms with Crippen LogP contribution in [0.1, 0.15) is 0 Å². The summed E-state index contributed by atoms with van der Waals surface area (Å²) in [6.07, 6.45) is 2.85. The summed E-state index contributed by atoms with van der Waals surface area (Å²) in [7, 11) is 3.73. The van der Waals surface area contributed by atoms with Gasteiger partial charge in [-0.15, -0.1) is 0 Å². The molecule has 9 heteroatoms. The molecule has 1 aliphatic heterocycles. The first kappa shape index (κ1) is 23.1. The summed E-state index contributed by atoms with van der Waals surface area (Å²) in [4.78, 5) is 25.1. The zero-order chi connectivity index (χ0) is 23.9. The van der Waals surface area contributed by atoms with E-state index >= 15 is 0 Å². The van der Waals surface area contributed by atoms with E-state index in [0.717, 1.165) is 37.6 Å². The first-order valence-corrected chi connectivity index (χ1v) is 11.1. The van der Waals surface area contributed by atoms with Crippen LogP contribution in [-0.4, -0.2) is 61.1 Å². The van der Waals surface area contributed by atoms with Crippen LogP contribution in [0, 0.1) is 0 Å². The van der Waals surface area contributed by atoms with E-state index in [1.54, 1.807) is 25.4 Å². The summed E-state index contributed by atoms with van der Waals surface area (Å²) in [6.45, 7) is 7.65. The first-order valence-electron chi connectivity index (χ1n) is 11.1. The lowest BCUT2D eigenvalue weighted by molar-refractivity contribution is -0.111. The van der Waals surface area contributed by atoms with Crippen molar-refractivity contribution in [3.63, 3.8) is 0 Å². The smallest absolute Gasteiger partial charge is 0.247 e. The van der Waals surface area contributed by atoms with Crippen molar-refractivity contribution in [2.45, 2.75) is 0 Å². The van der Waals surface area contributed by atoms with E-state index in [2.05, 4.69) is 61.5 Å². The third-order valence-electron chi connectivity index (χ3n) is 5.57. The summed E-state index contributed by atoms with van der Waals surface area (Å²) in [6, 6.07) is 15.5. The molecule has 3 aromatic rings. The standard InChI is InChI=1S/C25H29N7O2/c1-4-23(33)27-18-5-7-19(8-6-18)28-24-22(34-3)17-26-25(30-24)29-20-9-11-21(12-10-20)32-15-13-31(2)14-16-32/h4-12,17H,1,13-16H2,2-3H3,(H,27,33)(H2,26,28,29,30). The van der Waals surface area contributed by atoms with Gasteiger partial charge in [-0.05, 0) is 61.7 Å². The number of hydrogen-bond acceptors (Lipinski definition) is 8. The number of nitrogens with zero attached hydrogens (tertiary/aromatic N) is 4. The van der Waals surface area contributed by atoms with E-state index in [0.29, 0.717) is 23.2 Å². The molecule has 0 bridgehead atoms. The number of rotatable bonds is 8. The molecular weight excluding hydrogens is 430 g/mol. The number of ether oxygens (including phenoxy) is 1. The fourth-order valence-corrected chi connectivity index (χ4v) is 3.59. The molecule has 176 valence electrons. The van der Waals surface area contributed by atoms with Crippen LogP contribution in [0.25, 0.3) is 0 Å². The highest BCUT2D eigenvalue weighted by molar-refractivity contribution is 5.98. The van der Waals surface area contributed by atoms with Crippen molar-refractivity contribution in [1.29, 1.82) is 0 Å². The molecule has 1 fully saturated rings.